The largest absolute Gasteiger partial charge is 0.380 e. The maximum absolute atomic E-state index is 12.5. The van der Waals surface area contributed by atoms with Crippen molar-refractivity contribution in [3.63, 3.8) is 0 Å². The van der Waals surface area contributed by atoms with Gasteiger partial charge in [-0.1, -0.05) is 0 Å². The lowest BCUT2D eigenvalue weighted by Gasteiger charge is -2.17. The summed E-state index contributed by atoms with van der Waals surface area (Å²) in [6.07, 6.45) is 2.23. The quantitative estimate of drug-likeness (QED) is 0.830. The second-order valence-corrected chi connectivity index (χ2v) is 6.07. The minimum Gasteiger partial charge on any atom is -0.380 e. The summed E-state index contributed by atoms with van der Waals surface area (Å²) < 4.78 is 31.5. The molecule has 2 N–H and O–H groups in total. The van der Waals surface area contributed by atoms with E-state index in [-0.39, 0.29) is 17.5 Å². The number of nitrogens with zero attached hydrogens (tertiary/aromatic N) is 2. The van der Waals surface area contributed by atoms with Crippen LogP contribution in [0.15, 0.2) is 23.2 Å². The molecule has 1 fully saturated rings. The van der Waals surface area contributed by atoms with Gasteiger partial charge in [0.2, 0.25) is 10.0 Å². The van der Waals surface area contributed by atoms with Gasteiger partial charge in [0.1, 0.15) is 4.90 Å². The summed E-state index contributed by atoms with van der Waals surface area (Å²) in [6, 6.07) is 3.15. The van der Waals surface area contributed by atoms with Crippen LogP contribution in [0.5, 0.6) is 0 Å². The van der Waals surface area contributed by atoms with Crippen molar-refractivity contribution in [3.8, 4) is 0 Å². The van der Waals surface area contributed by atoms with Gasteiger partial charge in [-0.15, -0.1) is 0 Å². The maximum Gasteiger partial charge on any atom is 0.245 e. The average molecular weight is 271 g/mol. The lowest BCUT2D eigenvalue weighted by molar-refractivity contribution is 0.115. The number of hydrogen-bond donors (Lipinski definition) is 1. The third-order valence-electron chi connectivity index (χ3n) is 3.10. The molecule has 1 atom stereocenters. The van der Waals surface area contributed by atoms with Gasteiger partial charge in [-0.3, -0.25) is 4.98 Å². The van der Waals surface area contributed by atoms with Crippen molar-refractivity contribution in [2.75, 3.05) is 20.2 Å². The maximum atomic E-state index is 12.5. The van der Waals surface area contributed by atoms with E-state index in [4.69, 9.17) is 10.5 Å². The molecule has 2 heterocycles. The van der Waals surface area contributed by atoms with Crippen molar-refractivity contribution < 1.29 is 13.2 Å². The molecule has 2 rings (SSSR count). The molecule has 18 heavy (non-hydrogen) atoms. The summed E-state index contributed by atoms with van der Waals surface area (Å²) in [5.74, 6) is 0. The van der Waals surface area contributed by atoms with E-state index in [2.05, 4.69) is 4.98 Å². The fourth-order valence-corrected chi connectivity index (χ4v) is 3.73. The van der Waals surface area contributed by atoms with Crippen LogP contribution in [0.2, 0.25) is 0 Å². The van der Waals surface area contributed by atoms with Crippen LogP contribution in [-0.2, 0) is 21.3 Å². The van der Waals surface area contributed by atoms with Crippen LogP contribution in [0.3, 0.4) is 0 Å². The molecule has 1 aromatic heterocycles. The highest BCUT2D eigenvalue weighted by molar-refractivity contribution is 7.89. The third kappa shape index (κ3) is 2.39. The lowest BCUT2D eigenvalue weighted by atomic mass is 10.3. The molecule has 0 saturated carbocycles. The van der Waals surface area contributed by atoms with E-state index >= 15 is 0 Å². The first kappa shape index (κ1) is 13.4. The zero-order chi connectivity index (χ0) is 13.2. The fourth-order valence-electron chi connectivity index (χ4n) is 2.06. The summed E-state index contributed by atoms with van der Waals surface area (Å²) in [6.45, 7) is 0.967. The lowest BCUT2D eigenvalue weighted by Crippen LogP contribution is -2.31. The smallest absolute Gasteiger partial charge is 0.245 e. The summed E-state index contributed by atoms with van der Waals surface area (Å²) in [5.41, 5.74) is 5.93. The molecule has 0 bridgehead atoms. The third-order valence-corrected chi connectivity index (χ3v) is 5.04. The Morgan fingerprint density at radius 2 is 2.39 bits per heavy atom. The topological polar surface area (TPSA) is 85.5 Å². The zero-order valence-corrected chi connectivity index (χ0v) is 11.1. The van der Waals surface area contributed by atoms with Crippen LogP contribution in [0.25, 0.3) is 0 Å². The molecule has 7 heteroatoms. The van der Waals surface area contributed by atoms with Gasteiger partial charge in [-0.25, -0.2) is 8.42 Å². The number of nitrogens with two attached hydrogens (primary N) is 1. The first-order valence-electron chi connectivity index (χ1n) is 5.76. The Kier molecular flexibility index (Phi) is 3.96. The molecule has 0 aliphatic carbocycles. The van der Waals surface area contributed by atoms with E-state index in [0.717, 1.165) is 0 Å². The molecule has 1 saturated heterocycles. The number of hydrogen-bond acceptors (Lipinski definition) is 5. The number of sulfonamides is 1. The van der Waals surface area contributed by atoms with Crippen molar-refractivity contribution >= 4 is 10.0 Å². The Hall–Kier alpha value is -1.02. The number of aromatic nitrogens is 1. The van der Waals surface area contributed by atoms with Gasteiger partial charge >= 0.3 is 0 Å². The number of methoxy groups -OCH3 is 1. The van der Waals surface area contributed by atoms with Crippen LogP contribution in [0, 0.1) is 0 Å². The second-order valence-electron chi connectivity index (χ2n) is 4.16. The Balaban J connectivity index is 2.31. The molecule has 1 aliphatic rings. The van der Waals surface area contributed by atoms with Crippen LogP contribution in [0.1, 0.15) is 12.1 Å². The van der Waals surface area contributed by atoms with E-state index in [9.17, 15) is 8.42 Å². The summed E-state index contributed by atoms with van der Waals surface area (Å²) >= 11 is 0. The van der Waals surface area contributed by atoms with Crippen molar-refractivity contribution in [3.05, 3.63) is 24.0 Å². The predicted octanol–water partition coefficient (Wildman–Crippen LogP) is -0.0503. The first-order chi connectivity index (χ1) is 8.59. The minimum atomic E-state index is -3.51. The van der Waals surface area contributed by atoms with E-state index in [1.165, 1.54) is 4.31 Å². The number of ether oxygens (including phenoxy) is 1. The predicted molar refractivity (Wildman–Crippen MR) is 66.3 cm³/mol. The van der Waals surface area contributed by atoms with E-state index in [1.807, 2.05) is 0 Å². The van der Waals surface area contributed by atoms with Gasteiger partial charge in [0, 0.05) is 32.9 Å². The van der Waals surface area contributed by atoms with Crippen molar-refractivity contribution in [1.29, 1.82) is 0 Å². The highest BCUT2D eigenvalue weighted by Gasteiger charge is 2.33. The van der Waals surface area contributed by atoms with Crippen LogP contribution >= 0.6 is 0 Å². The normalized spacial score (nSPS) is 21.3. The highest BCUT2D eigenvalue weighted by Crippen LogP contribution is 2.23. The monoisotopic (exact) mass is 271 g/mol. The molecule has 0 radical (unpaired) electrons. The average Bonchev–Trinajstić information content (AvgIpc) is 2.88. The Morgan fingerprint density at radius 3 is 3.00 bits per heavy atom. The summed E-state index contributed by atoms with van der Waals surface area (Å²) in [4.78, 5) is 4.21. The molecule has 0 aromatic carbocycles. The molecule has 6 nitrogen and oxygen atoms in total. The van der Waals surface area contributed by atoms with Crippen molar-refractivity contribution in [1.82, 2.24) is 9.29 Å². The Labute approximate surface area is 107 Å². The van der Waals surface area contributed by atoms with Gasteiger partial charge in [0.25, 0.3) is 0 Å². The van der Waals surface area contributed by atoms with Crippen LogP contribution in [-0.4, -0.2) is 44.0 Å². The Bertz CT molecular complexity index is 518. The van der Waals surface area contributed by atoms with Gasteiger partial charge in [0.15, 0.2) is 0 Å². The van der Waals surface area contributed by atoms with Gasteiger partial charge < -0.3 is 10.5 Å². The van der Waals surface area contributed by atoms with Crippen molar-refractivity contribution in [2.24, 2.45) is 5.73 Å². The number of rotatable bonds is 4. The standard InChI is InChI=1S/C11H17N3O3S/c1-17-9-4-6-14(8-9)18(15,16)11-3-2-5-13-10(11)7-12/h2-3,5,9H,4,6-8,12H2,1H3. The minimum absolute atomic E-state index is 0.0298. The van der Waals surface area contributed by atoms with Crippen LogP contribution < -0.4 is 5.73 Å². The molecule has 1 aliphatic heterocycles. The fraction of sp³-hybridized carbons (Fsp3) is 0.545. The van der Waals surface area contributed by atoms with Crippen LogP contribution in [0.4, 0.5) is 0 Å². The molecule has 0 amide bonds. The van der Waals surface area contributed by atoms with E-state index in [0.29, 0.717) is 25.2 Å². The second kappa shape index (κ2) is 5.31. The molecular weight excluding hydrogens is 254 g/mol. The molecule has 0 spiro atoms. The first-order valence-corrected chi connectivity index (χ1v) is 7.20. The molecule has 100 valence electrons. The van der Waals surface area contributed by atoms with Gasteiger partial charge in [-0.2, -0.15) is 4.31 Å². The van der Waals surface area contributed by atoms with Gasteiger partial charge in [0.05, 0.1) is 11.8 Å². The zero-order valence-electron chi connectivity index (χ0n) is 10.2. The SMILES string of the molecule is COC1CCN(S(=O)(=O)c2cccnc2CN)C1. The molecule has 1 aromatic rings. The molecular formula is C11H17N3O3S. The van der Waals surface area contributed by atoms with E-state index < -0.39 is 10.0 Å². The Morgan fingerprint density at radius 1 is 1.61 bits per heavy atom. The van der Waals surface area contributed by atoms with E-state index in [1.54, 1.807) is 25.4 Å². The summed E-state index contributed by atoms with van der Waals surface area (Å²) in [5, 5.41) is 0. The summed E-state index contributed by atoms with van der Waals surface area (Å²) in [7, 11) is -1.92. The molecule has 1 unspecified atom stereocenters. The number of pyridine rings is 1. The highest BCUT2D eigenvalue weighted by atomic mass is 32.2. The van der Waals surface area contributed by atoms with Gasteiger partial charge in [-0.05, 0) is 18.6 Å². The van der Waals surface area contributed by atoms with Crippen molar-refractivity contribution in [2.45, 2.75) is 24.0 Å².